The third kappa shape index (κ3) is 14.0. The number of hydrogen-bond donors (Lipinski definition) is 3. The highest BCUT2D eigenvalue weighted by molar-refractivity contribution is 7.92. The molecule has 0 unspecified atom stereocenters. The molecule has 25 heteroatoms. The van der Waals surface area contributed by atoms with Crippen molar-refractivity contribution < 1.29 is 84.7 Å². The lowest BCUT2D eigenvalue weighted by Crippen LogP contribution is -2.43. The Kier molecular flexibility index (Phi) is 17.0. The average Bonchev–Trinajstić information content (AvgIpc) is 3.23. The fourth-order valence-corrected chi connectivity index (χ4v) is 13.2. The topological polar surface area (TPSA) is 229 Å². The van der Waals surface area contributed by atoms with Crippen LogP contribution in [-0.2, 0) is 52.8 Å². The summed E-state index contributed by atoms with van der Waals surface area (Å²) in [4.78, 5) is 19.9. The number of halogens is 9. The molecule has 6 rings (SSSR count). The Bertz CT molecular complexity index is 2530. The summed E-state index contributed by atoms with van der Waals surface area (Å²) in [5.74, 6) is 0.000456. The number of nitro groups is 1. The average molecular weight is 1010 g/mol. The number of carbonyl (C=O) groups excluding carboxylic acids is 1. The molecule has 66 heavy (non-hydrogen) atoms. The van der Waals surface area contributed by atoms with E-state index < -0.39 is 108 Å². The van der Waals surface area contributed by atoms with Crippen molar-refractivity contribution in [1.29, 1.82) is 0 Å². The van der Waals surface area contributed by atoms with Crippen LogP contribution in [0.3, 0.4) is 0 Å². The van der Waals surface area contributed by atoms with Gasteiger partial charge in [0.15, 0.2) is 29.5 Å². The van der Waals surface area contributed by atoms with Crippen LogP contribution < -0.4 is 5.73 Å². The minimum absolute atomic E-state index is 0.000456. The molecule has 0 saturated heterocycles. The lowest BCUT2D eigenvalue weighted by atomic mass is 9.85. The van der Waals surface area contributed by atoms with Gasteiger partial charge in [-0.1, -0.05) is 18.2 Å². The highest BCUT2D eigenvalue weighted by Crippen LogP contribution is 2.39. The Labute approximate surface area is 374 Å². The third-order valence-corrected chi connectivity index (χ3v) is 18.6. The van der Waals surface area contributed by atoms with E-state index in [-0.39, 0.29) is 99.2 Å². The van der Waals surface area contributed by atoms with Gasteiger partial charge >= 0.3 is 18.5 Å². The van der Waals surface area contributed by atoms with Crippen molar-refractivity contribution in [3.63, 3.8) is 0 Å². The van der Waals surface area contributed by atoms with Crippen molar-refractivity contribution in [1.82, 2.24) is 0 Å². The van der Waals surface area contributed by atoms with E-state index in [1.807, 2.05) is 0 Å². The molecule has 0 radical (unpaired) electrons. The molecule has 3 aromatic rings. The molecule has 3 aliphatic rings. The fourth-order valence-electron chi connectivity index (χ4n) is 7.83. The zero-order valence-corrected chi connectivity index (χ0v) is 37.2. The van der Waals surface area contributed by atoms with Crippen molar-refractivity contribution in [2.24, 2.45) is 5.73 Å². The second-order valence-electron chi connectivity index (χ2n) is 16.5. The molecule has 3 aliphatic carbocycles. The van der Waals surface area contributed by atoms with Gasteiger partial charge in [-0.2, -0.15) is 39.5 Å². The summed E-state index contributed by atoms with van der Waals surface area (Å²) in [6, 6.07) is 11.0. The van der Waals surface area contributed by atoms with Crippen molar-refractivity contribution in [2.75, 3.05) is 13.1 Å². The van der Waals surface area contributed by atoms with Crippen molar-refractivity contribution in [3.05, 3.63) is 99.6 Å². The van der Waals surface area contributed by atoms with E-state index >= 15 is 0 Å². The number of carbonyl (C=O) groups is 1. The first-order valence-electron chi connectivity index (χ1n) is 20.3. The molecule has 0 amide bonds. The van der Waals surface area contributed by atoms with Crippen LogP contribution in [-0.4, -0.2) is 86.2 Å². The smallest absolute Gasteiger partial charge is 0.389 e. The number of alkyl halides is 9. The zero-order valence-electron chi connectivity index (χ0n) is 34.8. The van der Waals surface area contributed by atoms with E-state index in [2.05, 4.69) is 0 Å². The van der Waals surface area contributed by atoms with E-state index in [9.17, 15) is 89.9 Å². The van der Waals surface area contributed by atoms with E-state index in [1.54, 1.807) is 0 Å². The van der Waals surface area contributed by atoms with Crippen molar-refractivity contribution >= 4 is 35.3 Å². The molecular formula is C41H47F9N2O11S3. The van der Waals surface area contributed by atoms with Crippen LogP contribution in [0, 0.1) is 10.1 Å². The highest BCUT2D eigenvalue weighted by Gasteiger charge is 2.43. The number of benzene rings is 3. The fraction of sp³-hybridized carbons (Fsp3) is 0.537. The van der Waals surface area contributed by atoms with Gasteiger partial charge in [0, 0.05) is 24.3 Å². The van der Waals surface area contributed by atoms with Crippen LogP contribution in [0.15, 0.2) is 87.5 Å². The lowest BCUT2D eigenvalue weighted by Gasteiger charge is -2.34. The SMILES string of the molecule is NCC1(O)CCC(S(=O)(=O)c2cccc(C(F)(F)F)c2)CC1.O=C1CCC(S(=O)(=O)c2cccc(C(F)(F)F)c2)CC1.O=[N+]([O-])CC1(O)CCC(S(=O)(=O)c2cccc(C(F)(F)F)c2)CC1. The third-order valence-electron chi connectivity index (χ3n) is 11.8. The van der Waals surface area contributed by atoms with Gasteiger partial charge in [0.05, 0.1) is 52.7 Å². The standard InChI is InChI=1S/C14H16F3NO5S.C14H18F3NO3S.C13H13F3O3S/c15-14(16,17)10-2-1-3-12(8-10)24(22,23)11-4-6-13(19,7-5-11)9-18(20)21;15-14(16,17)10-2-1-3-12(8-10)22(20,21)11-4-6-13(19,9-18)7-5-11;14-13(15,16)9-2-1-3-12(8-9)20(18,19)11-6-4-10(17)5-7-11/h1-3,8,11,19H,4-7,9H2;1-3,8,11,19H,4-7,9,18H2;1-3,8,11H,4-7H2. The van der Waals surface area contributed by atoms with Gasteiger partial charge in [0.25, 0.3) is 0 Å². The highest BCUT2D eigenvalue weighted by atomic mass is 32.2. The summed E-state index contributed by atoms with van der Waals surface area (Å²) in [6.07, 6.45) is -12.5. The minimum Gasteiger partial charge on any atom is -0.389 e. The van der Waals surface area contributed by atoms with Crippen LogP contribution >= 0.6 is 0 Å². The largest absolute Gasteiger partial charge is 0.416 e. The molecule has 3 aromatic carbocycles. The number of Topliss-reactive ketones (excluding diaryl/α,β-unsaturated/α-hetero) is 1. The number of ketones is 1. The molecule has 0 aliphatic heterocycles. The maximum Gasteiger partial charge on any atom is 0.416 e. The summed E-state index contributed by atoms with van der Waals surface area (Å²) < 4.78 is 189. The van der Waals surface area contributed by atoms with Crippen LogP contribution in [0.5, 0.6) is 0 Å². The summed E-state index contributed by atoms with van der Waals surface area (Å²) in [6.45, 7) is -0.632. The number of nitrogens with zero attached hydrogens (tertiary/aromatic N) is 1. The van der Waals surface area contributed by atoms with E-state index in [4.69, 9.17) is 5.73 Å². The van der Waals surface area contributed by atoms with Gasteiger partial charge in [0.2, 0.25) is 6.54 Å². The first kappa shape index (κ1) is 54.4. The predicted molar refractivity (Wildman–Crippen MR) is 218 cm³/mol. The van der Waals surface area contributed by atoms with Crippen LogP contribution in [0.4, 0.5) is 39.5 Å². The maximum atomic E-state index is 12.7. The number of rotatable bonds is 9. The number of aliphatic hydroxyl groups is 2. The molecule has 0 bridgehead atoms. The molecule has 4 N–H and O–H groups in total. The van der Waals surface area contributed by atoms with Gasteiger partial charge < -0.3 is 15.9 Å². The summed E-state index contributed by atoms with van der Waals surface area (Å²) >= 11 is 0. The second kappa shape index (κ2) is 20.6. The Hall–Kier alpha value is -4.17. The minimum atomic E-state index is -4.65. The molecule has 0 atom stereocenters. The molecule has 3 saturated carbocycles. The summed E-state index contributed by atoms with van der Waals surface area (Å²) in [7, 11) is -11.7. The molecule has 0 heterocycles. The van der Waals surface area contributed by atoms with E-state index in [0.717, 1.165) is 42.5 Å². The van der Waals surface area contributed by atoms with Crippen LogP contribution in [0.2, 0.25) is 0 Å². The monoisotopic (exact) mass is 1010 g/mol. The maximum absolute atomic E-state index is 12.7. The lowest BCUT2D eigenvalue weighted by molar-refractivity contribution is -0.502. The first-order valence-corrected chi connectivity index (χ1v) is 24.9. The Morgan fingerprint density at radius 2 is 0.848 bits per heavy atom. The predicted octanol–water partition coefficient (Wildman–Crippen LogP) is 7.53. The molecule has 0 aromatic heterocycles. The molecular weight excluding hydrogens is 964 g/mol. The van der Waals surface area contributed by atoms with Gasteiger partial charge in [-0.3, -0.25) is 14.9 Å². The number of nitrogens with two attached hydrogens (primary N) is 1. The summed E-state index contributed by atoms with van der Waals surface area (Å²) in [5.41, 5.74) is -0.205. The summed E-state index contributed by atoms with van der Waals surface area (Å²) in [5, 5.41) is 28.1. The van der Waals surface area contributed by atoms with Gasteiger partial charge in [-0.25, -0.2) is 25.3 Å². The quantitative estimate of drug-likeness (QED) is 0.107. The second-order valence-corrected chi connectivity index (χ2v) is 23.2. The number of sulfone groups is 3. The van der Waals surface area contributed by atoms with E-state index in [0.29, 0.717) is 18.2 Å². The Morgan fingerprint density at radius 1 is 0.561 bits per heavy atom. The number of hydrogen-bond acceptors (Lipinski definition) is 12. The van der Waals surface area contributed by atoms with Gasteiger partial charge in [-0.05, 0) is 119 Å². The zero-order chi connectivity index (χ0) is 49.7. The van der Waals surface area contributed by atoms with Gasteiger partial charge in [0.1, 0.15) is 11.4 Å². The van der Waals surface area contributed by atoms with Gasteiger partial charge in [-0.15, -0.1) is 0 Å². The first-order chi connectivity index (χ1) is 30.2. The van der Waals surface area contributed by atoms with Crippen LogP contribution in [0.1, 0.15) is 93.7 Å². The molecule has 3 fully saturated rings. The molecule has 0 spiro atoms. The van der Waals surface area contributed by atoms with Crippen molar-refractivity contribution in [2.45, 2.75) is 137 Å². The Balaban J connectivity index is 0.000000217. The molecule has 368 valence electrons. The molecule has 13 nitrogen and oxygen atoms in total. The Morgan fingerprint density at radius 3 is 1.12 bits per heavy atom. The normalized spacial score (nSPS) is 23.7. The van der Waals surface area contributed by atoms with E-state index in [1.165, 1.54) is 12.1 Å². The van der Waals surface area contributed by atoms with Crippen LogP contribution in [0.25, 0.3) is 0 Å². The van der Waals surface area contributed by atoms with Crippen molar-refractivity contribution in [3.8, 4) is 0 Å².